The van der Waals surface area contributed by atoms with Gasteiger partial charge < -0.3 is 9.84 Å². The highest BCUT2D eigenvalue weighted by Gasteiger charge is 2.08. The Morgan fingerprint density at radius 3 is 2.87 bits per heavy atom. The molecule has 15 heavy (non-hydrogen) atoms. The summed E-state index contributed by atoms with van der Waals surface area (Å²) >= 11 is 0. The largest absolute Gasteiger partial charge is 0.508 e. The Balaban J connectivity index is 2.33. The number of aromatic hydroxyl groups is 1. The first-order valence-electron chi connectivity index (χ1n) is 4.37. The van der Waals surface area contributed by atoms with Gasteiger partial charge in [-0.05, 0) is 29.5 Å². The molecule has 1 aromatic carbocycles. The summed E-state index contributed by atoms with van der Waals surface area (Å²) in [4.78, 5) is 0. The molecule has 78 valence electrons. The molecule has 0 aliphatic rings. The molecule has 2 aromatic rings. The van der Waals surface area contributed by atoms with Gasteiger partial charge in [-0.15, -0.1) is 0 Å². The molecule has 0 bridgehead atoms. The number of nitrogens with zero attached hydrogens (tertiary/aromatic N) is 4. The molecule has 0 saturated carbocycles. The van der Waals surface area contributed by atoms with Gasteiger partial charge in [0, 0.05) is 12.6 Å². The van der Waals surface area contributed by atoms with Crippen molar-refractivity contribution < 1.29 is 9.84 Å². The minimum absolute atomic E-state index is 0.183. The SMILES string of the molecule is Cc1c(O)cccc1Oc1nnnn1C. The van der Waals surface area contributed by atoms with E-state index in [1.807, 2.05) is 0 Å². The zero-order valence-corrected chi connectivity index (χ0v) is 8.38. The van der Waals surface area contributed by atoms with Gasteiger partial charge in [0.2, 0.25) is 0 Å². The predicted molar refractivity (Wildman–Crippen MR) is 51.7 cm³/mol. The molecule has 6 nitrogen and oxygen atoms in total. The first-order chi connectivity index (χ1) is 7.18. The van der Waals surface area contributed by atoms with E-state index in [-0.39, 0.29) is 11.8 Å². The number of phenolic OH excluding ortho intramolecular Hbond substituents is 1. The molecular weight excluding hydrogens is 196 g/mol. The molecule has 1 N–H and O–H groups in total. The van der Waals surface area contributed by atoms with Crippen molar-refractivity contribution in [2.24, 2.45) is 7.05 Å². The van der Waals surface area contributed by atoms with E-state index in [2.05, 4.69) is 15.5 Å². The average Bonchev–Trinajstić information content (AvgIpc) is 2.60. The van der Waals surface area contributed by atoms with Crippen LogP contribution in [0.4, 0.5) is 0 Å². The normalized spacial score (nSPS) is 10.3. The summed E-state index contributed by atoms with van der Waals surface area (Å²) in [7, 11) is 1.67. The number of aromatic nitrogens is 4. The summed E-state index contributed by atoms with van der Waals surface area (Å²) < 4.78 is 6.83. The average molecular weight is 206 g/mol. The Kier molecular flexibility index (Phi) is 2.24. The lowest BCUT2D eigenvalue weighted by molar-refractivity contribution is 0.404. The smallest absolute Gasteiger partial charge is 0.340 e. The van der Waals surface area contributed by atoms with Crippen LogP contribution >= 0.6 is 0 Å². The molecule has 0 spiro atoms. The zero-order valence-electron chi connectivity index (χ0n) is 8.38. The summed E-state index contributed by atoms with van der Waals surface area (Å²) in [6, 6.07) is 5.31. The van der Waals surface area contributed by atoms with Crippen molar-refractivity contribution in [3.05, 3.63) is 23.8 Å². The molecule has 2 rings (SSSR count). The lowest BCUT2D eigenvalue weighted by atomic mass is 10.2. The number of benzene rings is 1. The number of hydrogen-bond acceptors (Lipinski definition) is 5. The van der Waals surface area contributed by atoms with Gasteiger partial charge in [0.25, 0.3) is 0 Å². The highest BCUT2D eigenvalue weighted by atomic mass is 16.5. The third kappa shape index (κ3) is 1.74. The number of phenols is 1. The highest BCUT2D eigenvalue weighted by Crippen LogP contribution is 2.28. The molecule has 6 heteroatoms. The van der Waals surface area contributed by atoms with Crippen LogP contribution in [0.3, 0.4) is 0 Å². The Morgan fingerprint density at radius 2 is 2.20 bits per heavy atom. The van der Waals surface area contributed by atoms with E-state index in [0.717, 1.165) is 0 Å². The van der Waals surface area contributed by atoms with Crippen molar-refractivity contribution >= 4 is 0 Å². The molecule has 1 heterocycles. The van der Waals surface area contributed by atoms with Crippen molar-refractivity contribution in [1.29, 1.82) is 0 Å². The minimum atomic E-state index is 0.183. The van der Waals surface area contributed by atoms with Gasteiger partial charge in [0.15, 0.2) is 0 Å². The fraction of sp³-hybridized carbons (Fsp3) is 0.222. The van der Waals surface area contributed by atoms with Crippen LogP contribution in [-0.4, -0.2) is 25.3 Å². The second kappa shape index (κ2) is 3.56. The van der Waals surface area contributed by atoms with Crippen molar-refractivity contribution in [3.8, 4) is 17.5 Å². The van der Waals surface area contributed by atoms with Gasteiger partial charge in [-0.1, -0.05) is 11.2 Å². The van der Waals surface area contributed by atoms with E-state index in [9.17, 15) is 5.11 Å². The topological polar surface area (TPSA) is 73.1 Å². The molecule has 0 saturated heterocycles. The maximum Gasteiger partial charge on any atom is 0.340 e. The van der Waals surface area contributed by atoms with Crippen LogP contribution in [-0.2, 0) is 7.05 Å². The second-order valence-corrected chi connectivity index (χ2v) is 3.09. The molecule has 0 radical (unpaired) electrons. The van der Waals surface area contributed by atoms with Crippen molar-refractivity contribution in [2.45, 2.75) is 6.92 Å². The van der Waals surface area contributed by atoms with Gasteiger partial charge in [-0.3, -0.25) is 0 Å². The van der Waals surface area contributed by atoms with E-state index in [1.54, 1.807) is 32.2 Å². The number of tetrazole rings is 1. The quantitative estimate of drug-likeness (QED) is 0.794. The van der Waals surface area contributed by atoms with E-state index in [0.29, 0.717) is 11.3 Å². The number of ether oxygens (including phenoxy) is 1. The Morgan fingerprint density at radius 1 is 1.40 bits per heavy atom. The first kappa shape index (κ1) is 9.45. The highest BCUT2D eigenvalue weighted by molar-refractivity contribution is 5.43. The second-order valence-electron chi connectivity index (χ2n) is 3.09. The monoisotopic (exact) mass is 206 g/mol. The van der Waals surface area contributed by atoms with Gasteiger partial charge in [-0.2, -0.15) is 4.68 Å². The molecule has 0 aliphatic carbocycles. The van der Waals surface area contributed by atoms with Crippen molar-refractivity contribution in [3.63, 3.8) is 0 Å². The zero-order chi connectivity index (χ0) is 10.8. The van der Waals surface area contributed by atoms with Crippen LogP contribution in [0.25, 0.3) is 0 Å². The molecule has 0 aliphatic heterocycles. The summed E-state index contributed by atoms with van der Waals surface area (Å²) in [6.45, 7) is 1.76. The van der Waals surface area contributed by atoms with Gasteiger partial charge in [0.05, 0.1) is 0 Å². The third-order valence-corrected chi connectivity index (χ3v) is 2.04. The minimum Gasteiger partial charge on any atom is -0.508 e. The molecule has 1 aromatic heterocycles. The summed E-state index contributed by atoms with van der Waals surface area (Å²) in [6.07, 6.45) is 0. The standard InChI is InChI=1S/C9H10N4O2/c1-6-7(14)4-3-5-8(6)15-9-10-11-12-13(9)2/h3-5,14H,1-2H3. The fourth-order valence-electron chi connectivity index (χ4n) is 1.12. The van der Waals surface area contributed by atoms with Crippen LogP contribution in [0.2, 0.25) is 0 Å². The predicted octanol–water partition coefficient (Wildman–Crippen LogP) is 1.02. The maximum absolute atomic E-state index is 9.46. The fourth-order valence-corrected chi connectivity index (χ4v) is 1.12. The van der Waals surface area contributed by atoms with Gasteiger partial charge >= 0.3 is 6.01 Å². The van der Waals surface area contributed by atoms with Crippen LogP contribution < -0.4 is 4.74 Å². The van der Waals surface area contributed by atoms with Gasteiger partial charge in [0.1, 0.15) is 11.5 Å². The van der Waals surface area contributed by atoms with Crippen LogP contribution in [0.15, 0.2) is 18.2 Å². The molecule has 0 unspecified atom stereocenters. The number of rotatable bonds is 2. The van der Waals surface area contributed by atoms with Crippen LogP contribution in [0.1, 0.15) is 5.56 Å². The number of aryl methyl sites for hydroxylation is 1. The third-order valence-electron chi connectivity index (χ3n) is 2.04. The summed E-state index contributed by atoms with van der Waals surface area (Å²) in [5.74, 6) is 0.718. The molecule has 0 fully saturated rings. The maximum atomic E-state index is 9.46. The van der Waals surface area contributed by atoms with Gasteiger partial charge in [-0.25, -0.2) is 0 Å². The molecular formula is C9H10N4O2. The van der Waals surface area contributed by atoms with Crippen molar-refractivity contribution in [1.82, 2.24) is 20.2 Å². The Labute approximate surface area is 86.1 Å². The molecule has 0 amide bonds. The van der Waals surface area contributed by atoms with E-state index >= 15 is 0 Å². The Bertz CT molecular complexity index is 481. The van der Waals surface area contributed by atoms with Crippen LogP contribution in [0, 0.1) is 6.92 Å². The van der Waals surface area contributed by atoms with E-state index in [1.165, 1.54) is 4.68 Å². The van der Waals surface area contributed by atoms with E-state index in [4.69, 9.17) is 4.74 Å². The van der Waals surface area contributed by atoms with E-state index < -0.39 is 0 Å². The lowest BCUT2D eigenvalue weighted by Gasteiger charge is -2.07. The van der Waals surface area contributed by atoms with Crippen molar-refractivity contribution in [2.75, 3.05) is 0 Å². The molecule has 0 atom stereocenters. The Hall–Kier alpha value is -2.11. The number of hydrogen-bond donors (Lipinski definition) is 1. The van der Waals surface area contributed by atoms with Crippen LogP contribution in [0.5, 0.6) is 17.5 Å². The summed E-state index contributed by atoms with van der Waals surface area (Å²) in [5, 5.41) is 20.2. The lowest BCUT2D eigenvalue weighted by Crippen LogP contribution is -1.97. The first-order valence-corrected chi connectivity index (χ1v) is 4.37. The summed E-state index contributed by atoms with van der Waals surface area (Å²) in [5.41, 5.74) is 0.653.